The molecule has 1 fully saturated rings. The molecule has 1 aliphatic rings. The molecule has 9 heteroatoms. The number of guanidine groups is 1. The largest absolute Gasteiger partial charge is 0.357 e. The normalized spacial score (nSPS) is 15.4. The number of carbonyl (C=O) groups is 1. The fraction of sp³-hybridized carbons (Fsp3) is 0.529. The maximum Gasteiger partial charge on any atom is 0.219 e. The van der Waals surface area contributed by atoms with Crippen LogP contribution in [-0.2, 0) is 21.2 Å². The molecule has 0 bridgehead atoms. The Morgan fingerprint density at radius 3 is 2.12 bits per heavy atom. The molecule has 146 valence electrons. The molecule has 26 heavy (non-hydrogen) atoms. The monoisotopic (exact) mass is 494 g/mol. The lowest BCUT2D eigenvalue weighted by atomic mass is 10.2. The van der Waals surface area contributed by atoms with E-state index in [1.54, 1.807) is 31.2 Å². The van der Waals surface area contributed by atoms with Crippen molar-refractivity contribution in [1.82, 2.24) is 15.1 Å². The molecular weight excluding hydrogens is 467 g/mol. The topological polar surface area (TPSA) is 82.1 Å². The predicted molar refractivity (Wildman–Crippen MR) is 114 cm³/mol. The van der Waals surface area contributed by atoms with E-state index in [-0.39, 0.29) is 29.9 Å². The van der Waals surface area contributed by atoms with Crippen LogP contribution in [0.5, 0.6) is 0 Å². The summed E-state index contributed by atoms with van der Waals surface area (Å²) in [5.74, 6) is 0.922. The Balaban J connectivity index is 0.00000338. The maximum absolute atomic E-state index is 11.5. The van der Waals surface area contributed by atoms with Crippen LogP contribution < -0.4 is 5.32 Å². The Labute approximate surface area is 172 Å². The average Bonchev–Trinajstić information content (AvgIpc) is 2.58. The first-order valence-electron chi connectivity index (χ1n) is 8.39. The number of rotatable bonds is 4. The second-order valence-corrected chi connectivity index (χ2v) is 8.10. The van der Waals surface area contributed by atoms with Gasteiger partial charge in [-0.3, -0.25) is 4.79 Å². The minimum absolute atomic E-state index is 0. The lowest BCUT2D eigenvalue weighted by Crippen LogP contribution is -2.53. The molecule has 1 N–H and O–H groups in total. The summed E-state index contributed by atoms with van der Waals surface area (Å²) < 4.78 is 23.0. The van der Waals surface area contributed by atoms with Crippen LogP contribution in [0.2, 0.25) is 0 Å². The van der Waals surface area contributed by atoms with Crippen LogP contribution in [0.15, 0.2) is 34.2 Å². The highest BCUT2D eigenvalue weighted by molar-refractivity contribution is 14.0. The number of aliphatic imine (C=N–C) groups is 1. The van der Waals surface area contributed by atoms with E-state index in [1.165, 1.54) is 6.26 Å². The van der Waals surface area contributed by atoms with E-state index in [0.717, 1.165) is 31.2 Å². The maximum atomic E-state index is 11.5. The minimum Gasteiger partial charge on any atom is -0.357 e. The van der Waals surface area contributed by atoms with Gasteiger partial charge in [-0.25, -0.2) is 13.4 Å². The van der Waals surface area contributed by atoms with E-state index in [2.05, 4.69) is 15.2 Å². The molecule has 1 aromatic rings. The van der Waals surface area contributed by atoms with Gasteiger partial charge in [-0.15, -0.1) is 24.0 Å². The van der Waals surface area contributed by atoms with Gasteiger partial charge in [0.05, 0.1) is 11.4 Å². The number of amides is 1. The molecule has 0 aliphatic carbocycles. The SMILES string of the molecule is CCNC(=NCc1ccc(S(C)(=O)=O)cc1)N1CCN(C(C)=O)CC1.I. The van der Waals surface area contributed by atoms with E-state index in [0.29, 0.717) is 24.5 Å². The number of carbonyl (C=O) groups excluding carboxylic acids is 1. The molecule has 1 amide bonds. The van der Waals surface area contributed by atoms with E-state index in [4.69, 9.17) is 0 Å². The Bertz CT molecular complexity index is 727. The third kappa shape index (κ3) is 6.42. The zero-order valence-corrected chi connectivity index (χ0v) is 18.6. The van der Waals surface area contributed by atoms with Gasteiger partial charge >= 0.3 is 0 Å². The summed E-state index contributed by atoms with van der Waals surface area (Å²) in [6.45, 7) is 7.73. The fourth-order valence-electron chi connectivity index (χ4n) is 2.67. The number of hydrogen-bond acceptors (Lipinski definition) is 4. The van der Waals surface area contributed by atoms with Crippen LogP contribution in [0.4, 0.5) is 0 Å². The summed E-state index contributed by atoms with van der Waals surface area (Å²) >= 11 is 0. The highest BCUT2D eigenvalue weighted by Crippen LogP contribution is 2.11. The van der Waals surface area contributed by atoms with Crippen LogP contribution in [0, 0.1) is 0 Å². The number of hydrogen-bond donors (Lipinski definition) is 1. The van der Waals surface area contributed by atoms with Gasteiger partial charge < -0.3 is 15.1 Å². The van der Waals surface area contributed by atoms with Gasteiger partial charge in [0.15, 0.2) is 15.8 Å². The van der Waals surface area contributed by atoms with Crippen molar-refractivity contribution in [1.29, 1.82) is 0 Å². The molecular formula is C17H27IN4O3S. The molecule has 0 saturated carbocycles. The van der Waals surface area contributed by atoms with Gasteiger partial charge in [0.1, 0.15) is 0 Å². The molecule has 1 aliphatic heterocycles. The molecule has 1 heterocycles. The molecule has 7 nitrogen and oxygen atoms in total. The number of nitrogens with zero attached hydrogens (tertiary/aromatic N) is 3. The molecule has 0 unspecified atom stereocenters. The van der Waals surface area contributed by atoms with Crippen molar-refractivity contribution in [3.05, 3.63) is 29.8 Å². The summed E-state index contributed by atoms with van der Waals surface area (Å²) in [7, 11) is -3.18. The Morgan fingerprint density at radius 2 is 1.65 bits per heavy atom. The average molecular weight is 494 g/mol. The lowest BCUT2D eigenvalue weighted by molar-refractivity contribution is -0.130. The highest BCUT2D eigenvalue weighted by Gasteiger charge is 2.20. The smallest absolute Gasteiger partial charge is 0.219 e. The van der Waals surface area contributed by atoms with Gasteiger partial charge in [-0.2, -0.15) is 0 Å². The van der Waals surface area contributed by atoms with E-state index in [1.807, 2.05) is 11.8 Å². The van der Waals surface area contributed by atoms with Crippen LogP contribution in [0.25, 0.3) is 0 Å². The summed E-state index contributed by atoms with van der Waals surface area (Å²) in [6.07, 6.45) is 1.20. The third-order valence-corrected chi connectivity index (χ3v) is 5.25. The molecule has 1 aromatic carbocycles. The zero-order valence-electron chi connectivity index (χ0n) is 15.4. The van der Waals surface area contributed by atoms with Crippen molar-refractivity contribution in [2.75, 3.05) is 39.0 Å². The number of nitrogens with one attached hydrogen (secondary N) is 1. The van der Waals surface area contributed by atoms with Gasteiger partial charge in [0, 0.05) is 45.9 Å². The summed E-state index contributed by atoms with van der Waals surface area (Å²) in [5, 5.41) is 3.28. The van der Waals surface area contributed by atoms with Crippen LogP contribution in [0.1, 0.15) is 19.4 Å². The van der Waals surface area contributed by atoms with Crippen molar-refractivity contribution in [2.24, 2.45) is 4.99 Å². The fourth-order valence-corrected chi connectivity index (χ4v) is 3.30. The highest BCUT2D eigenvalue weighted by atomic mass is 127. The van der Waals surface area contributed by atoms with Crippen LogP contribution in [-0.4, -0.2) is 69.1 Å². The van der Waals surface area contributed by atoms with E-state index >= 15 is 0 Å². The molecule has 2 rings (SSSR count). The zero-order chi connectivity index (χ0) is 18.4. The molecule has 0 spiro atoms. The number of piperazine rings is 1. The van der Waals surface area contributed by atoms with Crippen molar-refractivity contribution in [3.8, 4) is 0 Å². The number of halogens is 1. The first-order chi connectivity index (χ1) is 11.8. The number of benzene rings is 1. The Morgan fingerprint density at radius 1 is 1.12 bits per heavy atom. The van der Waals surface area contributed by atoms with Crippen molar-refractivity contribution < 1.29 is 13.2 Å². The van der Waals surface area contributed by atoms with Crippen molar-refractivity contribution in [2.45, 2.75) is 25.3 Å². The second kappa shape index (κ2) is 10.1. The van der Waals surface area contributed by atoms with Crippen molar-refractivity contribution in [3.63, 3.8) is 0 Å². The Kier molecular flexibility index (Phi) is 8.81. The summed E-state index contributed by atoms with van der Waals surface area (Å²) in [5.41, 5.74) is 0.949. The minimum atomic E-state index is -3.18. The van der Waals surface area contributed by atoms with Gasteiger partial charge in [-0.1, -0.05) is 12.1 Å². The van der Waals surface area contributed by atoms with Gasteiger partial charge in [-0.05, 0) is 24.6 Å². The van der Waals surface area contributed by atoms with Gasteiger partial charge in [0.2, 0.25) is 5.91 Å². The second-order valence-electron chi connectivity index (χ2n) is 6.08. The van der Waals surface area contributed by atoms with Crippen LogP contribution in [0.3, 0.4) is 0 Å². The molecule has 0 aromatic heterocycles. The molecule has 1 saturated heterocycles. The number of sulfone groups is 1. The quantitative estimate of drug-likeness (QED) is 0.388. The summed E-state index contributed by atoms with van der Waals surface area (Å²) in [6, 6.07) is 6.80. The molecule has 0 atom stereocenters. The summed E-state index contributed by atoms with van der Waals surface area (Å²) in [4.78, 5) is 20.4. The molecule has 0 radical (unpaired) electrons. The van der Waals surface area contributed by atoms with Crippen LogP contribution >= 0.6 is 24.0 Å². The van der Waals surface area contributed by atoms with E-state index in [9.17, 15) is 13.2 Å². The first kappa shape index (κ1) is 22.7. The third-order valence-electron chi connectivity index (χ3n) is 4.12. The van der Waals surface area contributed by atoms with Crippen molar-refractivity contribution >= 4 is 45.7 Å². The standard InChI is InChI=1S/C17H26N4O3S.HI/c1-4-18-17(21-11-9-20(10-12-21)14(2)22)19-13-15-5-7-16(8-6-15)25(3,23)24;/h5-8H,4,9-13H2,1-3H3,(H,18,19);1H. The van der Waals surface area contributed by atoms with Gasteiger partial charge in [0.25, 0.3) is 0 Å². The Hall–Kier alpha value is -1.36. The predicted octanol–water partition coefficient (Wildman–Crippen LogP) is 1.34. The first-order valence-corrected chi connectivity index (χ1v) is 10.3. The van der Waals surface area contributed by atoms with E-state index < -0.39 is 9.84 Å². The lowest BCUT2D eigenvalue weighted by Gasteiger charge is -2.36.